The lowest BCUT2D eigenvalue weighted by molar-refractivity contribution is -0.385. The molecular formula is C16H12N4O10S2. The molecule has 0 amide bonds. The number of nitrogens with zero attached hydrogens (tertiary/aromatic N) is 3. The number of aromatic hydroxyl groups is 2. The van der Waals surface area contributed by atoms with Gasteiger partial charge in [-0.2, -0.15) is 16.8 Å². The maximum Gasteiger partial charge on any atom is 0.337 e. The van der Waals surface area contributed by atoms with Crippen molar-refractivity contribution < 1.29 is 41.1 Å². The minimum atomic E-state index is -5.06. The maximum absolute atomic E-state index is 11.9. The molecule has 0 bridgehead atoms. The molecule has 3 rings (SSSR count). The van der Waals surface area contributed by atoms with Gasteiger partial charge in [0.15, 0.2) is 11.4 Å². The summed E-state index contributed by atoms with van der Waals surface area (Å²) in [4.78, 5) is 8.45. The molecule has 0 atom stereocenters. The minimum Gasteiger partial charge on any atom is -0.507 e. The van der Waals surface area contributed by atoms with Gasteiger partial charge in [-0.05, 0) is 29.7 Å². The molecule has 168 valence electrons. The van der Waals surface area contributed by atoms with Crippen LogP contribution in [0.4, 0.5) is 22.7 Å². The van der Waals surface area contributed by atoms with Crippen molar-refractivity contribution in [3.8, 4) is 11.5 Å². The van der Waals surface area contributed by atoms with Crippen molar-refractivity contribution in [1.82, 2.24) is 0 Å². The Morgan fingerprint density at radius 3 is 2.16 bits per heavy atom. The van der Waals surface area contributed by atoms with E-state index in [9.17, 15) is 46.3 Å². The number of hydrogen-bond donors (Lipinski definition) is 5. The number of anilines is 1. The summed E-state index contributed by atoms with van der Waals surface area (Å²) in [6.07, 6.45) is 0. The number of benzene rings is 3. The van der Waals surface area contributed by atoms with Crippen LogP contribution in [-0.4, -0.2) is 41.1 Å². The predicted octanol–water partition coefficient (Wildman–Crippen LogP) is 2.65. The fourth-order valence-corrected chi connectivity index (χ4v) is 4.04. The Labute approximate surface area is 178 Å². The van der Waals surface area contributed by atoms with Crippen LogP contribution in [0, 0.1) is 10.1 Å². The van der Waals surface area contributed by atoms with Gasteiger partial charge in [-0.15, -0.1) is 10.2 Å². The van der Waals surface area contributed by atoms with E-state index in [4.69, 9.17) is 5.73 Å². The highest BCUT2D eigenvalue weighted by atomic mass is 32.2. The number of nitro benzene ring substituents is 1. The highest BCUT2D eigenvalue weighted by Crippen LogP contribution is 2.44. The van der Waals surface area contributed by atoms with Gasteiger partial charge in [0, 0.05) is 11.5 Å². The van der Waals surface area contributed by atoms with Crippen LogP contribution in [0.25, 0.3) is 10.8 Å². The van der Waals surface area contributed by atoms with Gasteiger partial charge in [-0.3, -0.25) is 19.2 Å². The zero-order valence-corrected chi connectivity index (χ0v) is 17.1. The van der Waals surface area contributed by atoms with Crippen LogP contribution in [-0.2, 0) is 20.2 Å². The first-order valence-corrected chi connectivity index (χ1v) is 11.0. The Kier molecular flexibility index (Phi) is 5.48. The second-order valence-electron chi connectivity index (χ2n) is 6.23. The van der Waals surface area contributed by atoms with Crippen LogP contribution < -0.4 is 5.73 Å². The average Bonchev–Trinajstić information content (AvgIpc) is 2.64. The molecule has 0 fully saturated rings. The van der Waals surface area contributed by atoms with Gasteiger partial charge in [0.2, 0.25) is 0 Å². The molecule has 0 aromatic heterocycles. The van der Waals surface area contributed by atoms with E-state index in [1.807, 2.05) is 0 Å². The van der Waals surface area contributed by atoms with Crippen LogP contribution in [0.3, 0.4) is 0 Å². The van der Waals surface area contributed by atoms with E-state index >= 15 is 0 Å². The average molecular weight is 484 g/mol. The molecule has 6 N–H and O–H groups in total. The van der Waals surface area contributed by atoms with Crippen LogP contribution in [0.2, 0.25) is 0 Å². The molecule has 32 heavy (non-hydrogen) atoms. The molecule has 3 aromatic rings. The number of para-hydroxylation sites is 1. The molecule has 0 saturated heterocycles. The molecule has 0 aliphatic heterocycles. The van der Waals surface area contributed by atoms with Gasteiger partial charge in [0.1, 0.15) is 16.3 Å². The van der Waals surface area contributed by atoms with Crippen molar-refractivity contribution in [2.45, 2.75) is 9.79 Å². The van der Waals surface area contributed by atoms with E-state index in [-0.39, 0.29) is 10.8 Å². The fourth-order valence-electron chi connectivity index (χ4n) is 2.83. The van der Waals surface area contributed by atoms with Gasteiger partial charge in [0.25, 0.3) is 20.2 Å². The standard InChI is InChI=1S/C16H12N4O10S2/c17-14-13-7(4-8(6-11(13)22)31(25,26)27)5-12(32(28,29)30)15(14)19-18-9-2-1-3-10(21)16(9)20(23)24/h1-6,21-22H,17H2,(H,25,26,27)(H,28,29,30). The van der Waals surface area contributed by atoms with Crippen LogP contribution >= 0.6 is 0 Å². The molecule has 0 heterocycles. The molecule has 3 aromatic carbocycles. The maximum atomic E-state index is 11.9. The Morgan fingerprint density at radius 2 is 1.59 bits per heavy atom. The van der Waals surface area contributed by atoms with E-state index in [2.05, 4.69) is 10.2 Å². The zero-order chi connectivity index (χ0) is 24.0. The third-order valence-electron chi connectivity index (χ3n) is 4.18. The SMILES string of the molecule is Nc1c(N=Nc2cccc(O)c2[N+](=O)[O-])c(S(=O)(=O)O)cc2cc(S(=O)(=O)O)cc(O)c12. The Balaban J connectivity index is 2.36. The minimum absolute atomic E-state index is 0.301. The quantitative estimate of drug-likeness (QED) is 0.116. The normalized spacial score (nSPS) is 12.4. The lowest BCUT2D eigenvalue weighted by Crippen LogP contribution is -2.03. The second-order valence-corrected chi connectivity index (χ2v) is 9.04. The summed E-state index contributed by atoms with van der Waals surface area (Å²) >= 11 is 0. The van der Waals surface area contributed by atoms with Crippen molar-refractivity contribution in [2.75, 3.05) is 5.73 Å². The Bertz CT molecular complexity index is 1530. The van der Waals surface area contributed by atoms with Crippen molar-refractivity contribution in [3.05, 3.63) is 46.5 Å². The molecule has 0 aliphatic rings. The molecule has 0 radical (unpaired) electrons. The summed E-state index contributed by atoms with van der Waals surface area (Å²) < 4.78 is 65.3. The van der Waals surface area contributed by atoms with Crippen molar-refractivity contribution in [3.63, 3.8) is 0 Å². The first kappa shape index (κ1) is 22.8. The Morgan fingerprint density at radius 1 is 0.938 bits per heavy atom. The topological polar surface area (TPSA) is 243 Å². The number of phenols is 2. The van der Waals surface area contributed by atoms with Gasteiger partial charge >= 0.3 is 5.69 Å². The second kappa shape index (κ2) is 7.68. The van der Waals surface area contributed by atoms with Gasteiger partial charge in [0.05, 0.1) is 15.5 Å². The summed E-state index contributed by atoms with van der Waals surface area (Å²) in [7, 11) is -9.85. The molecular weight excluding hydrogens is 472 g/mol. The van der Waals surface area contributed by atoms with Gasteiger partial charge in [-0.25, -0.2) is 0 Å². The molecule has 0 aliphatic carbocycles. The van der Waals surface area contributed by atoms with Crippen molar-refractivity contribution in [2.24, 2.45) is 10.2 Å². The van der Waals surface area contributed by atoms with Crippen LogP contribution in [0.1, 0.15) is 0 Å². The lowest BCUT2D eigenvalue weighted by atomic mass is 10.1. The first-order chi connectivity index (χ1) is 14.7. The first-order valence-electron chi connectivity index (χ1n) is 8.14. The summed E-state index contributed by atoms with van der Waals surface area (Å²) in [6.45, 7) is 0. The van der Waals surface area contributed by atoms with Gasteiger partial charge in [-0.1, -0.05) is 6.07 Å². The van der Waals surface area contributed by atoms with E-state index < -0.39 is 69.2 Å². The van der Waals surface area contributed by atoms with Gasteiger partial charge < -0.3 is 15.9 Å². The number of nitro groups is 1. The van der Waals surface area contributed by atoms with Crippen LogP contribution in [0.5, 0.6) is 11.5 Å². The Hall–Kier alpha value is -3.86. The lowest BCUT2D eigenvalue weighted by Gasteiger charge is -2.12. The summed E-state index contributed by atoms with van der Waals surface area (Å²) in [5.41, 5.74) is 3.24. The van der Waals surface area contributed by atoms with Crippen LogP contribution in [0.15, 0.2) is 56.4 Å². The number of fused-ring (bicyclic) bond motifs is 1. The van der Waals surface area contributed by atoms with E-state index in [1.54, 1.807) is 0 Å². The predicted molar refractivity (Wildman–Crippen MR) is 109 cm³/mol. The van der Waals surface area contributed by atoms with E-state index in [1.165, 1.54) is 6.07 Å². The van der Waals surface area contributed by atoms with Crippen molar-refractivity contribution in [1.29, 1.82) is 0 Å². The van der Waals surface area contributed by atoms with Crippen molar-refractivity contribution >= 4 is 53.8 Å². The molecule has 16 heteroatoms. The number of azo groups is 1. The number of nitrogen functional groups attached to an aromatic ring is 1. The molecule has 0 unspecified atom stereocenters. The third-order valence-corrected chi connectivity index (χ3v) is 5.87. The highest BCUT2D eigenvalue weighted by molar-refractivity contribution is 7.86. The van der Waals surface area contributed by atoms with E-state index in [0.29, 0.717) is 12.1 Å². The highest BCUT2D eigenvalue weighted by Gasteiger charge is 2.25. The summed E-state index contributed by atoms with van der Waals surface area (Å²) in [5, 5.41) is 37.5. The monoisotopic (exact) mass is 484 g/mol. The largest absolute Gasteiger partial charge is 0.507 e. The molecule has 14 nitrogen and oxygen atoms in total. The smallest absolute Gasteiger partial charge is 0.337 e. The molecule has 0 spiro atoms. The fraction of sp³-hybridized carbons (Fsp3) is 0. The summed E-state index contributed by atoms with van der Waals surface area (Å²) in [6, 6.07) is 5.43. The number of nitrogens with two attached hydrogens (primary N) is 1. The summed E-state index contributed by atoms with van der Waals surface area (Å²) in [5.74, 6) is -1.53. The zero-order valence-electron chi connectivity index (χ0n) is 15.4. The van der Waals surface area contributed by atoms with E-state index in [0.717, 1.165) is 18.2 Å². The third kappa shape index (κ3) is 4.14. The number of phenolic OH excluding ortho intramolecular Hbond substituents is 2. The molecule has 0 saturated carbocycles. The number of rotatable bonds is 5. The number of hydrogen-bond acceptors (Lipinski definition) is 11.